The van der Waals surface area contributed by atoms with Crippen LogP contribution in [0.15, 0.2) is 18.2 Å². The molecule has 0 spiro atoms. The maximum atomic E-state index is 11.6. The molecule has 98 valence electrons. The summed E-state index contributed by atoms with van der Waals surface area (Å²) < 4.78 is 5.05. The lowest BCUT2D eigenvalue weighted by atomic mass is 10.3. The minimum absolute atomic E-state index is 0.0584. The largest absolute Gasteiger partial charge is 0.495 e. The lowest BCUT2D eigenvalue weighted by Gasteiger charge is -2.08. The number of carbonyl (C=O) groups is 1. The molecule has 2 rings (SSSR count). The van der Waals surface area contributed by atoms with E-state index in [9.17, 15) is 4.79 Å². The van der Waals surface area contributed by atoms with E-state index in [-0.39, 0.29) is 5.91 Å². The Hall–Kier alpha value is -1.26. The van der Waals surface area contributed by atoms with E-state index < -0.39 is 0 Å². The summed E-state index contributed by atoms with van der Waals surface area (Å²) in [6, 6.07) is 5.18. The van der Waals surface area contributed by atoms with Gasteiger partial charge in [-0.25, -0.2) is 0 Å². The van der Waals surface area contributed by atoms with E-state index in [2.05, 4.69) is 10.6 Å². The third-order valence-electron chi connectivity index (χ3n) is 2.85. The number of anilines is 1. The maximum Gasteiger partial charge on any atom is 0.238 e. The third-order valence-corrected chi connectivity index (χ3v) is 3.15. The Morgan fingerprint density at radius 3 is 2.89 bits per heavy atom. The fourth-order valence-electron chi connectivity index (χ4n) is 1.66. The van der Waals surface area contributed by atoms with E-state index in [0.717, 1.165) is 12.5 Å². The normalized spacial score (nSPS) is 14.3. The van der Waals surface area contributed by atoms with Crippen LogP contribution in [0.1, 0.15) is 12.8 Å². The predicted molar refractivity (Wildman–Crippen MR) is 72.2 cm³/mol. The molecule has 0 heterocycles. The van der Waals surface area contributed by atoms with Crippen LogP contribution < -0.4 is 15.4 Å². The molecule has 0 radical (unpaired) electrons. The average molecular weight is 269 g/mol. The van der Waals surface area contributed by atoms with Crippen LogP contribution in [-0.4, -0.2) is 26.1 Å². The summed E-state index contributed by atoms with van der Waals surface area (Å²) in [5.41, 5.74) is 0.680. The fourth-order valence-corrected chi connectivity index (χ4v) is 1.92. The number of hydrogen-bond acceptors (Lipinski definition) is 3. The van der Waals surface area contributed by atoms with Crippen molar-refractivity contribution in [2.75, 3.05) is 25.5 Å². The first kappa shape index (κ1) is 13.2. The van der Waals surface area contributed by atoms with Gasteiger partial charge in [0.05, 0.1) is 18.7 Å². The van der Waals surface area contributed by atoms with Crippen LogP contribution in [0.25, 0.3) is 0 Å². The van der Waals surface area contributed by atoms with Crippen LogP contribution in [-0.2, 0) is 4.79 Å². The zero-order valence-corrected chi connectivity index (χ0v) is 11.1. The SMILES string of the molecule is COc1ccc(NC(=O)CNCC2CC2)cc1Cl. The van der Waals surface area contributed by atoms with E-state index in [1.807, 2.05) is 0 Å². The zero-order valence-electron chi connectivity index (χ0n) is 10.3. The molecule has 1 aliphatic rings. The molecule has 5 heteroatoms. The van der Waals surface area contributed by atoms with Gasteiger partial charge in [0.1, 0.15) is 5.75 Å². The second-order valence-corrected chi connectivity index (χ2v) is 4.88. The fraction of sp³-hybridized carbons (Fsp3) is 0.462. The molecule has 1 saturated carbocycles. The van der Waals surface area contributed by atoms with Gasteiger partial charge in [-0.1, -0.05) is 11.6 Å². The maximum absolute atomic E-state index is 11.6. The molecule has 4 nitrogen and oxygen atoms in total. The molecule has 0 aromatic heterocycles. The number of hydrogen-bond donors (Lipinski definition) is 2. The Morgan fingerprint density at radius 1 is 1.50 bits per heavy atom. The van der Waals surface area contributed by atoms with Crippen LogP contribution >= 0.6 is 11.6 Å². The second-order valence-electron chi connectivity index (χ2n) is 4.47. The Balaban J connectivity index is 1.80. The van der Waals surface area contributed by atoms with Crippen LogP contribution in [0.5, 0.6) is 5.75 Å². The first-order chi connectivity index (χ1) is 8.69. The van der Waals surface area contributed by atoms with Gasteiger partial charge in [0.2, 0.25) is 5.91 Å². The van der Waals surface area contributed by atoms with Crippen molar-refractivity contribution >= 4 is 23.2 Å². The highest BCUT2D eigenvalue weighted by Crippen LogP contribution is 2.28. The van der Waals surface area contributed by atoms with Crippen molar-refractivity contribution in [1.82, 2.24) is 5.32 Å². The van der Waals surface area contributed by atoms with Crippen molar-refractivity contribution in [2.45, 2.75) is 12.8 Å². The van der Waals surface area contributed by atoms with Crippen molar-refractivity contribution in [3.63, 3.8) is 0 Å². The zero-order chi connectivity index (χ0) is 13.0. The van der Waals surface area contributed by atoms with E-state index >= 15 is 0 Å². The summed E-state index contributed by atoms with van der Waals surface area (Å²) in [6.07, 6.45) is 2.56. The lowest BCUT2D eigenvalue weighted by Crippen LogP contribution is -2.29. The van der Waals surface area contributed by atoms with Gasteiger partial charge < -0.3 is 15.4 Å². The van der Waals surface area contributed by atoms with E-state index in [0.29, 0.717) is 23.0 Å². The highest BCUT2D eigenvalue weighted by atomic mass is 35.5. The average Bonchev–Trinajstić information content (AvgIpc) is 3.13. The van der Waals surface area contributed by atoms with Gasteiger partial charge in [-0.05, 0) is 43.5 Å². The van der Waals surface area contributed by atoms with E-state index in [4.69, 9.17) is 16.3 Å². The Morgan fingerprint density at radius 2 is 2.28 bits per heavy atom. The number of methoxy groups -OCH3 is 1. The summed E-state index contributed by atoms with van der Waals surface area (Å²) in [4.78, 5) is 11.6. The van der Waals surface area contributed by atoms with Crippen molar-refractivity contribution < 1.29 is 9.53 Å². The number of carbonyl (C=O) groups excluding carboxylic acids is 1. The molecule has 0 unspecified atom stereocenters. The highest BCUT2D eigenvalue weighted by molar-refractivity contribution is 6.32. The smallest absolute Gasteiger partial charge is 0.238 e. The molecule has 1 amide bonds. The molecular weight excluding hydrogens is 252 g/mol. The molecular formula is C13H17ClN2O2. The summed E-state index contributed by atoms with van der Waals surface area (Å²) >= 11 is 5.98. The minimum Gasteiger partial charge on any atom is -0.495 e. The van der Waals surface area contributed by atoms with Crippen LogP contribution in [0.4, 0.5) is 5.69 Å². The van der Waals surface area contributed by atoms with Gasteiger partial charge >= 0.3 is 0 Å². The van der Waals surface area contributed by atoms with Crippen molar-refractivity contribution in [1.29, 1.82) is 0 Å². The van der Waals surface area contributed by atoms with Crippen molar-refractivity contribution in [2.24, 2.45) is 5.92 Å². The van der Waals surface area contributed by atoms with Crippen LogP contribution in [0, 0.1) is 5.92 Å². The molecule has 0 aliphatic heterocycles. The second kappa shape index (κ2) is 6.07. The molecule has 1 fully saturated rings. The van der Waals surface area contributed by atoms with Crippen LogP contribution in [0.2, 0.25) is 5.02 Å². The van der Waals surface area contributed by atoms with Crippen molar-refractivity contribution in [3.05, 3.63) is 23.2 Å². The topological polar surface area (TPSA) is 50.4 Å². The van der Waals surface area contributed by atoms with Gasteiger partial charge in [-0.2, -0.15) is 0 Å². The first-order valence-electron chi connectivity index (χ1n) is 6.03. The van der Waals surface area contributed by atoms with Gasteiger partial charge in [-0.15, -0.1) is 0 Å². The Kier molecular flexibility index (Phi) is 4.44. The Labute approximate surface area is 112 Å². The number of benzene rings is 1. The predicted octanol–water partition coefficient (Wildman–Crippen LogP) is 2.29. The number of halogens is 1. The standard InChI is InChI=1S/C13H17ClN2O2/c1-18-12-5-4-10(6-11(12)14)16-13(17)8-15-7-9-2-3-9/h4-6,9,15H,2-3,7-8H2,1H3,(H,16,17). The summed E-state index contributed by atoms with van der Waals surface area (Å²) in [5.74, 6) is 1.31. The minimum atomic E-state index is -0.0584. The molecule has 2 N–H and O–H groups in total. The molecule has 1 aromatic carbocycles. The summed E-state index contributed by atoms with van der Waals surface area (Å²) in [6.45, 7) is 1.26. The van der Waals surface area contributed by atoms with Crippen molar-refractivity contribution in [3.8, 4) is 5.75 Å². The summed E-state index contributed by atoms with van der Waals surface area (Å²) in [5, 5.41) is 6.41. The molecule has 1 aromatic rings. The van der Waals surface area contributed by atoms with Crippen LogP contribution in [0.3, 0.4) is 0 Å². The number of nitrogens with one attached hydrogen (secondary N) is 2. The van der Waals surface area contributed by atoms with Gasteiger partial charge in [0, 0.05) is 5.69 Å². The number of rotatable bonds is 6. The number of ether oxygens (including phenoxy) is 1. The quantitative estimate of drug-likeness (QED) is 0.832. The third kappa shape index (κ3) is 3.89. The number of amides is 1. The van der Waals surface area contributed by atoms with E-state index in [1.165, 1.54) is 12.8 Å². The Bertz CT molecular complexity index is 433. The monoisotopic (exact) mass is 268 g/mol. The van der Waals surface area contributed by atoms with Gasteiger partial charge in [0.15, 0.2) is 0 Å². The summed E-state index contributed by atoms with van der Waals surface area (Å²) in [7, 11) is 1.56. The highest BCUT2D eigenvalue weighted by Gasteiger charge is 2.20. The van der Waals surface area contributed by atoms with E-state index in [1.54, 1.807) is 25.3 Å². The molecule has 0 bridgehead atoms. The lowest BCUT2D eigenvalue weighted by molar-refractivity contribution is -0.115. The molecule has 0 atom stereocenters. The molecule has 0 saturated heterocycles. The first-order valence-corrected chi connectivity index (χ1v) is 6.41. The van der Waals surface area contributed by atoms with Gasteiger partial charge in [0.25, 0.3) is 0 Å². The van der Waals surface area contributed by atoms with Gasteiger partial charge in [-0.3, -0.25) is 4.79 Å². The molecule has 1 aliphatic carbocycles. The molecule has 18 heavy (non-hydrogen) atoms.